The van der Waals surface area contributed by atoms with Gasteiger partial charge in [0.1, 0.15) is 17.2 Å². The Labute approximate surface area is 131 Å². The third-order valence-electron chi connectivity index (χ3n) is 3.57. The van der Waals surface area contributed by atoms with Gasteiger partial charge in [0.05, 0.1) is 7.11 Å². The molecule has 4 heteroatoms. The van der Waals surface area contributed by atoms with E-state index in [2.05, 4.69) is 23.7 Å². The number of aliphatic imine (C=N–C) groups is 1. The molecule has 0 bridgehead atoms. The van der Waals surface area contributed by atoms with Gasteiger partial charge in [-0.1, -0.05) is 12.1 Å². The highest BCUT2D eigenvalue weighted by Crippen LogP contribution is 2.28. The van der Waals surface area contributed by atoms with E-state index in [1.165, 1.54) is 0 Å². The van der Waals surface area contributed by atoms with E-state index in [9.17, 15) is 5.11 Å². The van der Waals surface area contributed by atoms with Crippen LogP contribution in [0.2, 0.25) is 0 Å². The number of rotatable bonds is 6. The van der Waals surface area contributed by atoms with E-state index >= 15 is 0 Å². The molecule has 0 aliphatic rings. The number of phenols is 1. The first-order valence-electron chi connectivity index (χ1n) is 7.44. The van der Waals surface area contributed by atoms with Crippen molar-refractivity contribution in [1.29, 1.82) is 0 Å². The molecule has 0 radical (unpaired) electrons. The maximum absolute atomic E-state index is 10.2. The van der Waals surface area contributed by atoms with Crippen LogP contribution in [0, 0.1) is 0 Å². The second kappa shape index (κ2) is 7.50. The molecule has 2 aromatic rings. The van der Waals surface area contributed by atoms with Gasteiger partial charge in [-0.2, -0.15) is 0 Å². The van der Waals surface area contributed by atoms with E-state index in [0.717, 1.165) is 24.5 Å². The first kappa shape index (κ1) is 15.9. The van der Waals surface area contributed by atoms with Gasteiger partial charge in [-0.25, -0.2) is 0 Å². The first-order chi connectivity index (χ1) is 10.7. The Bertz CT molecular complexity index is 649. The molecule has 116 valence electrons. The third-order valence-corrected chi connectivity index (χ3v) is 3.57. The fourth-order valence-corrected chi connectivity index (χ4v) is 2.30. The van der Waals surface area contributed by atoms with E-state index in [0.29, 0.717) is 11.3 Å². The van der Waals surface area contributed by atoms with Crippen molar-refractivity contribution in [2.75, 3.05) is 25.1 Å². The summed E-state index contributed by atoms with van der Waals surface area (Å²) >= 11 is 0. The van der Waals surface area contributed by atoms with Gasteiger partial charge >= 0.3 is 0 Å². The maximum Gasteiger partial charge on any atom is 0.144 e. The Morgan fingerprint density at radius 3 is 2.50 bits per heavy atom. The second-order valence-electron chi connectivity index (χ2n) is 4.85. The fraction of sp³-hybridized carbons (Fsp3) is 0.278. The topological polar surface area (TPSA) is 45.1 Å². The Morgan fingerprint density at radius 2 is 1.86 bits per heavy atom. The zero-order valence-corrected chi connectivity index (χ0v) is 13.3. The molecule has 0 saturated heterocycles. The van der Waals surface area contributed by atoms with Crippen LogP contribution in [-0.4, -0.2) is 31.5 Å². The van der Waals surface area contributed by atoms with Gasteiger partial charge in [-0.05, 0) is 38.1 Å². The number of methoxy groups -OCH3 is 1. The second-order valence-corrected chi connectivity index (χ2v) is 4.85. The SMILES string of the molecule is CCN(CC)c1ccc(C=Nc2ccccc2OC)c(O)c1. The smallest absolute Gasteiger partial charge is 0.144 e. The molecule has 0 unspecified atom stereocenters. The van der Waals surface area contributed by atoms with Crippen LogP contribution in [0.1, 0.15) is 19.4 Å². The zero-order valence-electron chi connectivity index (χ0n) is 13.3. The van der Waals surface area contributed by atoms with E-state index in [-0.39, 0.29) is 5.75 Å². The number of nitrogens with zero attached hydrogens (tertiary/aromatic N) is 2. The molecule has 0 heterocycles. The van der Waals surface area contributed by atoms with Gasteiger partial charge in [0.2, 0.25) is 0 Å². The van der Waals surface area contributed by atoms with Crippen LogP contribution in [0.15, 0.2) is 47.5 Å². The van der Waals surface area contributed by atoms with Crippen molar-refractivity contribution in [3.05, 3.63) is 48.0 Å². The molecule has 0 atom stereocenters. The third kappa shape index (κ3) is 3.58. The van der Waals surface area contributed by atoms with Gasteiger partial charge in [0, 0.05) is 36.6 Å². The van der Waals surface area contributed by atoms with Gasteiger partial charge in [-0.3, -0.25) is 4.99 Å². The predicted octanol–water partition coefficient (Wildman–Crippen LogP) is 4.00. The summed E-state index contributed by atoms with van der Waals surface area (Å²) in [4.78, 5) is 6.58. The average Bonchev–Trinajstić information content (AvgIpc) is 2.55. The van der Waals surface area contributed by atoms with Crippen molar-refractivity contribution in [1.82, 2.24) is 0 Å². The Morgan fingerprint density at radius 1 is 1.14 bits per heavy atom. The zero-order chi connectivity index (χ0) is 15.9. The van der Waals surface area contributed by atoms with Crippen LogP contribution in [0.3, 0.4) is 0 Å². The minimum Gasteiger partial charge on any atom is -0.507 e. The molecule has 0 amide bonds. The number of para-hydroxylation sites is 2. The molecular weight excluding hydrogens is 276 g/mol. The predicted molar refractivity (Wildman–Crippen MR) is 91.9 cm³/mol. The largest absolute Gasteiger partial charge is 0.507 e. The number of ether oxygens (including phenoxy) is 1. The summed E-state index contributed by atoms with van der Waals surface area (Å²) in [6.07, 6.45) is 1.65. The van der Waals surface area contributed by atoms with Crippen molar-refractivity contribution in [2.24, 2.45) is 4.99 Å². The Balaban J connectivity index is 2.25. The molecule has 0 aliphatic carbocycles. The van der Waals surface area contributed by atoms with E-state index in [1.54, 1.807) is 19.4 Å². The van der Waals surface area contributed by atoms with Crippen molar-refractivity contribution in [3.63, 3.8) is 0 Å². The quantitative estimate of drug-likeness (QED) is 0.820. The molecule has 22 heavy (non-hydrogen) atoms. The normalized spacial score (nSPS) is 10.9. The van der Waals surface area contributed by atoms with Crippen molar-refractivity contribution in [3.8, 4) is 11.5 Å². The first-order valence-corrected chi connectivity index (χ1v) is 7.44. The minimum atomic E-state index is 0.225. The molecule has 0 saturated carbocycles. The molecule has 1 N–H and O–H groups in total. The summed E-state index contributed by atoms with van der Waals surface area (Å²) in [6, 6.07) is 13.2. The fourth-order valence-electron chi connectivity index (χ4n) is 2.30. The summed E-state index contributed by atoms with van der Waals surface area (Å²) in [6.45, 7) is 6.00. The lowest BCUT2D eigenvalue weighted by Gasteiger charge is -2.21. The van der Waals surface area contributed by atoms with E-state index in [1.807, 2.05) is 36.4 Å². The molecule has 4 nitrogen and oxygen atoms in total. The molecule has 0 fully saturated rings. The molecular formula is C18H22N2O2. The van der Waals surface area contributed by atoms with E-state index < -0.39 is 0 Å². The number of hydrogen-bond acceptors (Lipinski definition) is 4. The van der Waals surface area contributed by atoms with Crippen LogP contribution in [-0.2, 0) is 0 Å². The number of benzene rings is 2. The van der Waals surface area contributed by atoms with Gasteiger partial charge in [0.15, 0.2) is 0 Å². The number of phenolic OH excluding ortho intramolecular Hbond substituents is 1. The highest BCUT2D eigenvalue weighted by atomic mass is 16.5. The lowest BCUT2D eigenvalue weighted by atomic mass is 10.2. The average molecular weight is 298 g/mol. The van der Waals surface area contributed by atoms with Crippen LogP contribution in [0.4, 0.5) is 11.4 Å². The number of anilines is 1. The summed E-state index contributed by atoms with van der Waals surface area (Å²) in [7, 11) is 1.62. The summed E-state index contributed by atoms with van der Waals surface area (Å²) in [5.74, 6) is 0.932. The molecule has 0 aliphatic heterocycles. The van der Waals surface area contributed by atoms with Crippen LogP contribution in [0.5, 0.6) is 11.5 Å². The van der Waals surface area contributed by atoms with Gasteiger partial charge in [0.25, 0.3) is 0 Å². The molecule has 2 aromatic carbocycles. The van der Waals surface area contributed by atoms with Crippen molar-refractivity contribution >= 4 is 17.6 Å². The van der Waals surface area contributed by atoms with Crippen LogP contribution >= 0.6 is 0 Å². The van der Waals surface area contributed by atoms with Crippen molar-refractivity contribution < 1.29 is 9.84 Å². The molecule has 0 aromatic heterocycles. The Hall–Kier alpha value is -2.49. The number of hydrogen-bond donors (Lipinski definition) is 1. The lowest BCUT2D eigenvalue weighted by Crippen LogP contribution is -2.21. The summed E-state index contributed by atoms with van der Waals surface area (Å²) in [5.41, 5.74) is 2.43. The molecule has 2 rings (SSSR count). The minimum absolute atomic E-state index is 0.225. The maximum atomic E-state index is 10.2. The summed E-state index contributed by atoms with van der Waals surface area (Å²) in [5, 5.41) is 10.2. The van der Waals surface area contributed by atoms with Crippen molar-refractivity contribution in [2.45, 2.75) is 13.8 Å². The van der Waals surface area contributed by atoms with Crippen LogP contribution < -0.4 is 9.64 Å². The van der Waals surface area contributed by atoms with E-state index in [4.69, 9.17) is 4.74 Å². The van der Waals surface area contributed by atoms with Gasteiger partial charge in [-0.15, -0.1) is 0 Å². The standard InChI is InChI=1S/C18H22N2O2/c1-4-20(5-2)15-11-10-14(17(21)12-15)13-19-16-8-6-7-9-18(16)22-3/h6-13,21H,4-5H2,1-3H3. The number of aromatic hydroxyl groups is 1. The monoisotopic (exact) mass is 298 g/mol. The lowest BCUT2D eigenvalue weighted by molar-refractivity contribution is 0.416. The van der Waals surface area contributed by atoms with Gasteiger partial charge < -0.3 is 14.7 Å². The Kier molecular flexibility index (Phi) is 5.42. The highest BCUT2D eigenvalue weighted by molar-refractivity contribution is 5.86. The van der Waals surface area contributed by atoms with Crippen LogP contribution in [0.25, 0.3) is 0 Å². The summed E-state index contributed by atoms with van der Waals surface area (Å²) < 4.78 is 5.26. The molecule has 0 spiro atoms. The highest BCUT2D eigenvalue weighted by Gasteiger charge is 2.06.